The lowest BCUT2D eigenvalue weighted by molar-refractivity contribution is -0.121. The highest BCUT2D eigenvalue weighted by molar-refractivity contribution is 6.45. The average Bonchev–Trinajstić information content (AvgIpc) is 3.80. The lowest BCUT2D eigenvalue weighted by Gasteiger charge is -2.18. The Kier molecular flexibility index (Phi) is 9.66. The van der Waals surface area contributed by atoms with Crippen LogP contribution >= 0.6 is 0 Å². The first-order chi connectivity index (χ1) is 21.8. The Morgan fingerprint density at radius 3 is 2.07 bits per heavy atom. The topological polar surface area (TPSA) is 95.0 Å². The normalized spacial score (nSPS) is 16.1. The minimum atomic E-state index is -0.393. The summed E-state index contributed by atoms with van der Waals surface area (Å²) in [6, 6.07) is 4.26. The first kappa shape index (κ1) is 32.3. The summed E-state index contributed by atoms with van der Waals surface area (Å²) in [6.07, 6.45) is 10.8. The van der Waals surface area contributed by atoms with Gasteiger partial charge in [-0.05, 0) is 104 Å². The molecule has 8 bridgehead atoms. The molecule has 45 heavy (non-hydrogen) atoms. The Bertz CT molecular complexity index is 1960. The van der Waals surface area contributed by atoms with Crippen LogP contribution < -0.4 is 26.7 Å². The number of aromatic amines is 2. The molecule has 2 aliphatic heterocycles. The Morgan fingerprint density at radius 1 is 0.844 bits per heavy atom. The number of hydrogen-bond donors (Lipinski definition) is 3. The van der Waals surface area contributed by atoms with Gasteiger partial charge in [0.1, 0.15) is 0 Å². The van der Waals surface area contributed by atoms with E-state index in [0.29, 0.717) is 18.5 Å². The number of fused-ring (bicyclic) bond motifs is 7. The Hall–Kier alpha value is -4.13. The fourth-order valence-corrected chi connectivity index (χ4v) is 7.85. The van der Waals surface area contributed by atoms with E-state index in [4.69, 9.17) is 4.99 Å². The number of nitrogens with one attached hydrogen (secondary N) is 3. The lowest BCUT2D eigenvalue weighted by atomic mass is 9.85. The van der Waals surface area contributed by atoms with Gasteiger partial charge in [-0.3, -0.25) is 19.9 Å². The van der Waals surface area contributed by atoms with Crippen LogP contribution in [0.15, 0.2) is 28.4 Å². The van der Waals surface area contributed by atoms with Crippen LogP contribution in [0.4, 0.5) is 0 Å². The van der Waals surface area contributed by atoms with E-state index in [1.807, 2.05) is 0 Å². The molecule has 3 aromatic rings. The molecule has 2 amide bonds. The maximum Gasteiger partial charge on any atom is 0.261 e. The van der Waals surface area contributed by atoms with Crippen molar-refractivity contribution in [2.75, 3.05) is 0 Å². The highest BCUT2D eigenvalue weighted by atomic mass is 16.2. The molecule has 5 rings (SSSR count). The summed E-state index contributed by atoms with van der Waals surface area (Å²) >= 11 is 0. The molecule has 238 valence electrons. The van der Waals surface area contributed by atoms with Crippen LogP contribution in [-0.2, 0) is 41.8 Å². The molecule has 0 saturated carbocycles. The van der Waals surface area contributed by atoms with E-state index in [2.05, 4.69) is 99.5 Å². The number of aliphatic imine (C=N–C) groups is 1. The highest BCUT2D eigenvalue weighted by Gasteiger charge is 2.35. The SMILES string of the molecule is CCC1=C2N=C(C(C(=O)NC=O)=c3c(CC)c(CC)c(n3CC)=Cc3ccc([nH]3)C=c3[nH]c(c(CC)c3CC)=C2CC)C1CC. The summed E-state index contributed by atoms with van der Waals surface area (Å²) in [5.74, 6) is -0.421. The monoisotopic (exact) mass is 607 g/mol. The minimum absolute atomic E-state index is 0.0284. The van der Waals surface area contributed by atoms with Crippen LogP contribution in [0.5, 0.6) is 0 Å². The second-order valence-corrected chi connectivity index (χ2v) is 11.9. The molecule has 7 nitrogen and oxygen atoms in total. The zero-order valence-corrected chi connectivity index (χ0v) is 28.3. The van der Waals surface area contributed by atoms with Crippen LogP contribution in [0.3, 0.4) is 0 Å². The van der Waals surface area contributed by atoms with Gasteiger partial charge in [0.2, 0.25) is 6.41 Å². The van der Waals surface area contributed by atoms with Gasteiger partial charge < -0.3 is 14.5 Å². The third-order valence-corrected chi connectivity index (χ3v) is 9.75. The van der Waals surface area contributed by atoms with E-state index in [1.165, 1.54) is 27.8 Å². The van der Waals surface area contributed by atoms with Gasteiger partial charge in [0.05, 0.1) is 22.3 Å². The molecule has 3 N–H and O–H groups in total. The Balaban J connectivity index is 2.10. The molecular weight excluding hydrogens is 558 g/mol. The summed E-state index contributed by atoms with van der Waals surface area (Å²) in [6.45, 7) is 18.1. The molecule has 0 aromatic carbocycles. The standard InChI is InChI=1S/C38H49N5O2/c1-9-24-26(11-3)34-30(15-7)35-27(12-4)28(13-5)36(42-35)33(38(45)39-21-44)37-29(14-6)25(10-2)32(43(37)16-8)20-23-18-17-22(40-23)19-31(24)41-34/h17-21,28,40-41H,9-16H2,1-8H3,(H,39,44,45). The number of hydrogen-bond acceptors (Lipinski definition) is 3. The third-order valence-electron chi connectivity index (χ3n) is 9.75. The van der Waals surface area contributed by atoms with E-state index >= 15 is 0 Å². The largest absolute Gasteiger partial charge is 0.355 e. The van der Waals surface area contributed by atoms with Crippen LogP contribution in [-0.4, -0.2) is 32.6 Å². The maximum atomic E-state index is 14.1. The van der Waals surface area contributed by atoms with Crippen molar-refractivity contribution < 1.29 is 9.59 Å². The molecular formula is C38H49N5O2. The van der Waals surface area contributed by atoms with Crippen molar-refractivity contribution >= 4 is 41.3 Å². The molecule has 2 aliphatic rings. The van der Waals surface area contributed by atoms with Crippen molar-refractivity contribution in [3.05, 3.63) is 78.4 Å². The van der Waals surface area contributed by atoms with Crippen LogP contribution in [0.1, 0.15) is 108 Å². The molecule has 0 spiro atoms. The van der Waals surface area contributed by atoms with Gasteiger partial charge in [0, 0.05) is 45.5 Å². The van der Waals surface area contributed by atoms with Gasteiger partial charge in [0.25, 0.3) is 5.91 Å². The third kappa shape index (κ3) is 5.30. The molecule has 0 aliphatic carbocycles. The molecule has 0 radical (unpaired) electrons. The van der Waals surface area contributed by atoms with Gasteiger partial charge in [-0.2, -0.15) is 0 Å². The molecule has 7 heteroatoms. The fourth-order valence-electron chi connectivity index (χ4n) is 7.85. The number of aromatic nitrogens is 3. The first-order valence-corrected chi connectivity index (χ1v) is 17.0. The number of allylic oxidation sites excluding steroid dienone is 2. The smallest absolute Gasteiger partial charge is 0.261 e. The molecule has 1 unspecified atom stereocenters. The van der Waals surface area contributed by atoms with Gasteiger partial charge in [0.15, 0.2) is 0 Å². The van der Waals surface area contributed by atoms with Crippen molar-refractivity contribution in [3.63, 3.8) is 0 Å². The number of amides is 2. The van der Waals surface area contributed by atoms with Crippen LogP contribution in [0, 0.1) is 5.92 Å². The summed E-state index contributed by atoms with van der Waals surface area (Å²) in [7, 11) is 0. The van der Waals surface area contributed by atoms with Gasteiger partial charge in [-0.15, -0.1) is 0 Å². The quantitative estimate of drug-likeness (QED) is 0.301. The second kappa shape index (κ2) is 13.5. The number of H-pyrrole nitrogens is 2. The molecule has 0 saturated heterocycles. The van der Waals surface area contributed by atoms with E-state index in [9.17, 15) is 9.59 Å². The Morgan fingerprint density at radius 2 is 1.51 bits per heavy atom. The number of carbonyl (C=O) groups excluding carboxylic acids is 2. The summed E-state index contributed by atoms with van der Waals surface area (Å²) in [5.41, 5.74) is 11.8. The molecule has 5 heterocycles. The predicted octanol–water partition coefficient (Wildman–Crippen LogP) is 4.21. The fraction of sp³-hybridized carbons (Fsp3) is 0.447. The zero-order chi connectivity index (χ0) is 32.4. The van der Waals surface area contributed by atoms with Gasteiger partial charge in [-0.1, -0.05) is 48.5 Å². The van der Waals surface area contributed by atoms with Crippen molar-refractivity contribution in [2.45, 2.75) is 107 Å². The average molecular weight is 608 g/mol. The number of imide groups is 1. The first-order valence-electron chi connectivity index (χ1n) is 17.0. The van der Waals surface area contributed by atoms with Crippen molar-refractivity contribution in [3.8, 4) is 0 Å². The predicted molar refractivity (Wildman–Crippen MR) is 185 cm³/mol. The van der Waals surface area contributed by atoms with Crippen molar-refractivity contribution in [2.24, 2.45) is 10.9 Å². The van der Waals surface area contributed by atoms with Crippen molar-refractivity contribution in [1.29, 1.82) is 0 Å². The summed E-state index contributed by atoms with van der Waals surface area (Å²) in [4.78, 5) is 38.9. The molecule has 0 fully saturated rings. The molecule has 3 aromatic heterocycles. The minimum Gasteiger partial charge on any atom is -0.355 e. The number of rotatable bonds is 10. The van der Waals surface area contributed by atoms with Crippen molar-refractivity contribution in [1.82, 2.24) is 19.9 Å². The summed E-state index contributed by atoms with van der Waals surface area (Å²) in [5, 5.41) is 6.77. The van der Waals surface area contributed by atoms with Gasteiger partial charge >= 0.3 is 0 Å². The second-order valence-electron chi connectivity index (χ2n) is 11.9. The highest BCUT2D eigenvalue weighted by Crippen LogP contribution is 2.38. The van der Waals surface area contributed by atoms with Crippen LogP contribution in [0.2, 0.25) is 0 Å². The van der Waals surface area contributed by atoms with Crippen LogP contribution in [0.25, 0.3) is 23.3 Å². The van der Waals surface area contributed by atoms with E-state index in [-0.39, 0.29) is 5.92 Å². The summed E-state index contributed by atoms with van der Waals surface area (Å²) < 4.78 is 2.26. The molecule has 1 atom stereocenters. The lowest BCUT2D eigenvalue weighted by Crippen LogP contribution is -2.39. The van der Waals surface area contributed by atoms with E-state index < -0.39 is 5.91 Å². The van der Waals surface area contributed by atoms with E-state index in [1.54, 1.807) is 0 Å². The van der Waals surface area contributed by atoms with Gasteiger partial charge in [-0.25, -0.2) is 0 Å². The number of nitrogens with zero attached hydrogens (tertiary/aromatic N) is 2. The maximum absolute atomic E-state index is 14.1. The Labute approximate surface area is 266 Å². The number of carbonyl (C=O) groups is 2. The van der Waals surface area contributed by atoms with E-state index in [0.717, 1.165) is 94.7 Å². The zero-order valence-electron chi connectivity index (χ0n) is 28.3.